The molecule has 0 aliphatic carbocycles. The third kappa shape index (κ3) is 3.29. The van der Waals surface area contributed by atoms with Crippen LogP contribution in [0.3, 0.4) is 0 Å². The fourth-order valence-electron chi connectivity index (χ4n) is 2.20. The van der Waals surface area contributed by atoms with E-state index in [-0.39, 0.29) is 11.9 Å². The van der Waals surface area contributed by atoms with E-state index < -0.39 is 0 Å². The number of guanidine groups is 2. The van der Waals surface area contributed by atoms with E-state index in [1.807, 2.05) is 43.3 Å². The topological polar surface area (TPSA) is 131 Å². The summed E-state index contributed by atoms with van der Waals surface area (Å²) in [6, 6.07) is 13.7. The highest BCUT2D eigenvalue weighted by molar-refractivity contribution is 5.94. The lowest BCUT2D eigenvalue weighted by Crippen LogP contribution is -2.26. The summed E-state index contributed by atoms with van der Waals surface area (Å²) in [5, 5.41) is 0. The molecule has 7 N–H and O–H groups in total. The molecule has 23 heavy (non-hydrogen) atoms. The van der Waals surface area contributed by atoms with Crippen LogP contribution in [0.4, 0.5) is 5.69 Å². The normalized spacial score (nSPS) is 11.6. The Morgan fingerprint density at radius 3 is 2.48 bits per heavy atom. The lowest BCUT2D eigenvalue weighted by atomic mass is 10.1. The van der Waals surface area contributed by atoms with Crippen LogP contribution in [0, 0.1) is 6.92 Å². The van der Waals surface area contributed by atoms with Crippen molar-refractivity contribution in [3.8, 4) is 11.4 Å². The van der Waals surface area contributed by atoms with Crippen molar-refractivity contribution in [1.82, 2.24) is 9.97 Å². The maximum absolute atomic E-state index is 5.64. The average molecular weight is 307 g/mol. The number of aryl methyl sites for hydroxylation is 1. The lowest BCUT2D eigenvalue weighted by Gasteiger charge is -1.96. The molecule has 0 atom stereocenters. The quantitative estimate of drug-likeness (QED) is 0.424. The first-order chi connectivity index (χ1) is 11.0. The van der Waals surface area contributed by atoms with Crippen LogP contribution in [-0.2, 0) is 0 Å². The molecule has 0 fully saturated rings. The van der Waals surface area contributed by atoms with Crippen LogP contribution in [0.1, 0.15) is 5.56 Å². The number of aromatic amines is 1. The molecule has 116 valence electrons. The molecule has 0 spiro atoms. The SMILES string of the molecule is Cc1ccc(-c2nc3ccc(N=C(N)N=C(N)N)cc3[nH]2)cc1. The monoisotopic (exact) mass is 307 g/mol. The van der Waals surface area contributed by atoms with Crippen molar-refractivity contribution in [2.75, 3.05) is 0 Å². The summed E-state index contributed by atoms with van der Waals surface area (Å²) in [7, 11) is 0. The second-order valence-electron chi connectivity index (χ2n) is 5.16. The first-order valence-corrected chi connectivity index (χ1v) is 7.02. The molecule has 3 aromatic rings. The molecule has 0 bridgehead atoms. The first kappa shape index (κ1) is 14.6. The number of hydrogen-bond acceptors (Lipinski definition) is 2. The Hall–Kier alpha value is -3.35. The van der Waals surface area contributed by atoms with Gasteiger partial charge >= 0.3 is 0 Å². The van der Waals surface area contributed by atoms with Gasteiger partial charge < -0.3 is 22.2 Å². The van der Waals surface area contributed by atoms with Crippen molar-refractivity contribution in [2.24, 2.45) is 27.2 Å². The van der Waals surface area contributed by atoms with Gasteiger partial charge in [0.1, 0.15) is 5.82 Å². The Kier molecular flexibility index (Phi) is 3.68. The zero-order valence-corrected chi connectivity index (χ0v) is 12.6. The highest BCUT2D eigenvalue weighted by atomic mass is 15.1. The third-order valence-electron chi connectivity index (χ3n) is 3.28. The summed E-state index contributed by atoms with van der Waals surface area (Å²) in [6.07, 6.45) is 0. The van der Waals surface area contributed by atoms with Gasteiger partial charge in [0.15, 0.2) is 5.96 Å². The average Bonchev–Trinajstić information content (AvgIpc) is 2.90. The molecule has 1 aromatic heterocycles. The fraction of sp³-hybridized carbons (Fsp3) is 0.0625. The summed E-state index contributed by atoms with van der Waals surface area (Å²) in [5.74, 6) is 0.677. The highest BCUT2D eigenvalue weighted by Gasteiger charge is 2.06. The van der Waals surface area contributed by atoms with Crippen molar-refractivity contribution in [2.45, 2.75) is 6.92 Å². The summed E-state index contributed by atoms with van der Waals surface area (Å²) < 4.78 is 0. The van der Waals surface area contributed by atoms with E-state index in [4.69, 9.17) is 17.2 Å². The van der Waals surface area contributed by atoms with E-state index in [1.54, 1.807) is 6.07 Å². The minimum Gasteiger partial charge on any atom is -0.370 e. The molecule has 0 saturated carbocycles. The number of nitrogens with one attached hydrogen (secondary N) is 1. The Balaban J connectivity index is 1.98. The number of aliphatic imine (C=N–C) groups is 2. The van der Waals surface area contributed by atoms with Gasteiger partial charge in [-0.2, -0.15) is 4.99 Å². The Morgan fingerprint density at radius 1 is 1.04 bits per heavy atom. The van der Waals surface area contributed by atoms with Crippen molar-refractivity contribution in [3.63, 3.8) is 0 Å². The maximum atomic E-state index is 5.64. The van der Waals surface area contributed by atoms with E-state index in [2.05, 4.69) is 20.0 Å². The number of rotatable bonds is 2. The molecule has 0 saturated heterocycles. The number of benzene rings is 2. The van der Waals surface area contributed by atoms with Gasteiger partial charge in [-0.05, 0) is 25.1 Å². The van der Waals surface area contributed by atoms with E-state index in [1.165, 1.54) is 5.56 Å². The smallest absolute Gasteiger partial charge is 0.223 e. The van der Waals surface area contributed by atoms with Gasteiger partial charge in [0.25, 0.3) is 0 Å². The van der Waals surface area contributed by atoms with Crippen LogP contribution in [0.2, 0.25) is 0 Å². The molecule has 7 nitrogen and oxygen atoms in total. The summed E-state index contributed by atoms with van der Waals surface area (Å²) >= 11 is 0. The Morgan fingerprint density at radius 2 is 1.78 bits per heavy atom. The summed E-state index contributed by atoms with van der Waals surface area (Å²) in [6.45, 7) is 2.05. The van der Waals surface area contributed by atoms with Crippen molar-refractivity contribution < 1.29 is 0 Å². The summed E-state index contributed by atoms with van der Waals surface area (Å²) in [5.41, 5.74) is 20.7. The van der Waals surface area contributed by atoms with Crippen molar-refractivity contribution in [3.05, 3.63) is 48.0 Å². The highest BCUT2D eigenvalue weighted by Crippen LogP contribution is 2.24. The zero-order chi connectivity index (χ0) is 16.4. The minimum atomic E-state index is -0.129. The number of fused-ring (bicyclic) bond motifs is 1. The molecule has 0 aliphatic heterocycles. The molecule has 3 rings (SSSR count). The standard InChI is InChI=1S/C16H17N7/c1-9-2-4-10(5-3-9)14-21-12-7-6-11(8-13(12)22-14)20-16(19)23-15(17)18/h2-8H,1H3,(H,21,22)(H6,17,18,19,20,23). The minimum absolute atomic E-state index is 0.00243. The number of nitrogens with zero attached hydrogens (tertiary/aromatic N) is 3. The van der Waals surface area contributed by atoms with Crippen LogP contribution in [0.25, 0.3) is 22.4 Å². The molecule has 0 amide bonds. The molecule has 0 unspecified atom stereocenters. The number of nitrogens with two attached hydrogens (primary N) is 3. The van der Waals surface area contributed by atoms with Crippen LogP contribution in [0.5, 0.6) is 0 Å². The van der Waals surface area contributed by atoms with Gasteiger partial charge in [-0.25, -0.2) is 9.98 Å². The zero-order valence-electron chi connectivity index (χ0n) is 12.6. The van der Waals surface area contributed by atoms with Crippen LogP contribution in [0.15, 0.2) is 52.4 Å². The van der Waals surface area contributed by atoms with E-state index in [0.717, 1.165) is 22.4 Å². The largest absolute Gasteiger partial charge is 0.370 e. The van der Waals surface area contributed by atoms with E-state index in [0.29, 0.717) is 5.69 Å². The van der Waals surface area contributed by atoms with Crippen LogP contribution in [-0.4, -0.2) is 21.9 Å². The molecule has 2 aromatic carbocycles. The Labute approximate surface area is 133 Å². The van der Waals surface area contributed by atoms with Gasteiger partial charge in [-0.15, -0.1) is 0 Å². The molecule has 0 aliphatic rings. The molecular weight excluding hydrogens is 290 g/mol. The number of H-pyrrole nitrogens is 1. The van der Waals surface area contributed by atoms with Crippen LogP contribution >= 0.6 is 0 Å². The van der Waals surface area contributed by atoms with E-state index >= 15 is 0 Å². The second-order valence-corrected chi connectivity index (χ2v) is 5.16. The number of imidazole rings is 1. The number of hydrogen-bond donors (Lipinski definition) is 4. The van der Waals surface area contributed by atoms with Gasteiger partial charge in [0.05, 0.1) is 16.7 Å². The fourth-order valence-corrected chi connectivity index (χ4v) is 2.20. The van der Waals surface area contributed by atoms with Gasteiger partial charge in [-0.3, -0.25) is 0 Å². The molecule has 0 radical (unpaired) electrons. The molecule has 7 heteroatoms. The van der Waals surface area contributed by atoms with Crippen molar-refractivity contribution >= 4 is 28.6 Å². The van der Waals surface area contributed by atoms with Gasteiger partial charge in [0.2, 0.25) is 5.96 Å². The second kappa shape index (κ2) is 5.80. The van der Waals surface area contributed by atoms with Crippen LogP contribution < -0.4 is 17.2 Å². The maximum Gasteiger partial charge on any atom is 0.223 e. The van der Waals surface area contributed by atoms with Gasteiger partial charge in [0, 0.05) is 5.56 Å². The Bertz CT molecular complexity index is 900. The van der Waals surface area contributed by atoms with Crippen molar-refractivity contribution in [1.29, 1.82) is 0 Å². The predicted molar refractivity (Wildman–Crippen MR) is 93.4 cm³/mol. The summed E-state index contributed by atoms with van der Waals surface area (Å²) in [4.78, 5) is 15.7. The third-order valence-corrected chi connectivity index (χ3v) is 3.28. The number of aromatic nitrogens is 2. The molecule has 1 heterocycles. The van der Waals surface area contributed by atoms with E-state index in [9.17, 15) is 0 Å². The lowest BCUT2D eigenvalue weighted by molar-refractivity contribution is 1.33. The first-order valence-electron chi connectivity index (χ1n) is 7.02. The predicted octanol–water partition coefficient (Wildman–Crippen LogP) is 1.76. The van der Waals surface area contributed by atoms with Gasteiger partial charge in [-0.1, -0.05) is 29.8 Å². The molecular formula is C16H17N7.